The second-order valence-corrected chi connectivity index (χ2v) is 6.61. The minimum absolute atomic E-state index is 0.0841. The van der Waals surface area contributed by atoms with E-state index in [1.165, 1.54) is 12.1 Å². The van der Waals surface area contributed by atoms with Gasteiger partial charge in [-0.05, 0) is 42.7 Å². The summed E-state index contributed by atoms with van der Waals surface area (Å²) in [5.74, 6) is 1.48. The largest absolute Gasteiger partial charge is 0.416 e. The SMILES string of the molecule is CCCSCC(=O)N(Cc1ccc(C(F)(F)F)cc1)C1CC1. The van der Waals surface area contributed by atoms with Gasteiger partial charge in [-0.1, -0.05) is 19.1 Å². The second kappa shape index (κ2) is 7.40. The number of hydrogen-bond acceptors (Lipinski definition) is 2. The van der Waals surface area contributed by atoms with Crippen LogP contribution in [0.15, 0.2) is 24.3 Å². The summed E-state index contributed by atoms with van der Waals surface area (Å²) in [7, 11) is 0. The van der Waals surface area contributed by atoms with Gasteiger partial charge in [-0.2, -0.15) is 24.9 Å². The van der Waals surface area contributed by atoms with Crippen molar-refractivity contribution in [1.82, 2.24) is 4.90 Å². The van der Waals surface area contributed by atoms with E-state index in [2.05, 4.69) is 6.92 Å². The summed E-state index contributed by atoms with van der Waals surface area (Å²) in [5.41, 5.74) is 0.0905. The molecule has 1 aromatic rings. The molecule has 6 heteroatoms. The van der Waals surface area contributed by atoms with Gasteiger partial charge < -0.3 is 4.90 Å². The molecule has 0 heterocycles. The van der Waals surface area contributed by atoms with Crippen LogP contribution < -0.4 is 0 Å². The van der Waals surface area contributed by atoms with E-state index in [0.29, 0.717) is 12.3 Å². The average molecular weight is 331 g/mol. The molecule has 1 aromatic carbocycles. The average Bonchev–Trinajstić information content (AvgIpc) is 3.29. The molecule has 0 atom stereocenters. The molecule has 0 aromatic heterocycles. The van der Waals surface area contributed by atoms with Gasteiger partial charge in [-0.25, -0.2) is 0 Å². The third-order valence-electron chi connectivity index (χ3n) is 3.52. The van der Waals surface area contributed by atoms with Crippen molar-refractivity contribution in [3.63, 3.8) is 0 Å². The van der Waals surface area contributed by atoms with Gasteiger partial charge >= 0.3 is 6.18 Å². The minimum atomic E-state index is -4.32. The van der Waals surface area contributed by atoms with Gasteiger partial charge in [-0.3, -0.25) is 4.79 Å². The lowest BCUT2D eigenvalue weighted by Gasteiger charge is -2.22. The monoisotopic (exact) mass is 331 g/mol. The van der Waals surface area contributed by atoms with Gasteiger partial charge in [0.25, 0.3) is 0 Å². The van der Waals surface area contributed by atoms with Crippen LogP contribution in [0.1, 0.15) is 37.3 Å². The maximum Gasteiger partial charge on any atom is 0.416 e. The molecular weight excluding hydrogens is 311 g/mol. The predicted molar refractivity (Wildman–Crippen MR) is 82.6 cm³/mol. The third-order valence-corrected chi connectivity index (χ3v) is 4.66. The van der Waals surface area contributed by atoms with Crippen molar-refractivity contribution in [2.45, 2.75) is 44.9 Å². The standard InChI is InChI=1S/C16H20F3NOS/c1-2-9-22-11-15(21)20(14-7-8-14)10-12-3-5-13(6-4-12)16(17,18)19/h3-6,14H,2,7-11H2,1H3. The fraction of sp³-hybridized carbons (Fsp3) is 0.562. The molecule has 0 spiro atoms. The Morgan fingerprint density at radius 1 is 1.27 bits per heavy atom. The molecule has 1 amide bonds. The number of benzene rings is 1. The Balaban J connectivity index is 1.97. The number of nitrogens with zero attached hydrogens (tertiary/aromatic N) is 1. The first kappa shape index (κ1) is 17.2. The summed E-state index contributed by atoms with van der Waals surface area (Å²) in [6.07, 6.45) is -1.31. The molecule has 0 N–H and O–H groups in total. The topological polar surface area (TPSA) is 20.3 Å². The summed E-state index contributed by atoms with van der Waals surface area (Å²) < 4.78 is 37.7. The number of thioether (sulfide) groups is 1. The van der Waals surface area contributed by atoms with E-state index < -0.39 is 11.7 Å². The predicted octanol–water partition coefficient (Wildman–Crippen LogP) is 4.34. The molecule has 1 fully saturated rings. The smallest absolute Gasteiger partial charge is 0.335 e. The van der Waals surface area contributed by atoms with Gasteiger partial charge in [-0.15, -0.1) is 0 Å². The van der Waals surface area contributed by atoms with Crippen molar-refractivity contribution >= 4 is 17.7 Å². The van der Waals surface area contributed by atoms with Crippen LogP contribution in [0, 0.1) is 0 Å². The van der Waals surface area contributed by atoms with E-state index in [9.17, 15) is 18.0 Å². The number of hydrogen-bond donors (Lipinski definition) is 0. The Labute approximate surface area is 133 Å². The Kier molecular flexibility index (Phi) is 5.78. The molecule has 1 aliphatic rings. The number of alkyl halides is 3. The Hall–Kier alpha value is -1.17. The number of amides is 1. The number of carbonyl (C=O) groups is 1. The Morgan fingerprint density at radius 3 is 2.41 bits per heavy atom. The highest BCUT2D eigenvalue weighted by Crippen LogP contribution is 2.31. The van der Waals surface area contributed by atoms with Crippen LogP contribution in [0.5, 0.6) is 0 Å². The van der Waals surface area contributed by atoms with Crippen molar-refractivity contribution in [1.29, 1.82) is 0 Å². The quantitative estimate of drug-likeness (QED) is 0.693. The van der Waals surface area contributed by atoms with Crippen LogP contribution in [0.25, 0.3) is 0 Å². The fourth-order valence-electron chi connectivity index (χ4n) is 2.19. The molecule has 2 rings (SSSR count). The zero-order chi connectivity index (χ0) is 16.2. The van der Waals surface area contributed by atoms with Crippen LogP contribution >= 0.6 is 11.8 Å². The Morgan fingerprint density at radius 2 is 1.91 bits per heavy atom. The lowest BCUT2D eigenvalue weighted by molar-refractivity contribution is -0.137. The van der Waals surface area contributed by atoms with Crippen molar-refractivity contribution in [3.8, 4) is 0 Å². The summed E-state index contributed by atoms with van der Waals surface area (Å²) >= 11 is 1.61. The van der Waals surface area contributed by atoms with Gasteiger partial charge in [0.1, 0.15) is 0 Å². The molecule has 0 aliphatic heterocycles. The summed E-state index contributed by atoms with van der Waals surface area (Å²) in [4.78, 5) is 14.1. The maximum absolute atomic E-state index is 12.6. The molecule has 22 heavy (non-hydrogen) atoms. The van der Waals surface area contributed by atoms with E-state index >= 15 is 0 Å². The van der Waals surface area contributed by atoms with E-state index in [0.717, 1.165) is 42.7 Å². The first-order chi connectivity index (χ1) is 10.4. The summed E-state index contributed by atoms with van der Waals surface area (Å²) in [5, 5.41) is 0. The van der Waals surface area contributed by atoms with Crippen LogP contribution in [0.2, 0.25) is 0 Å². The highest BCUT2D eigenvalue weighted by atomic mass is 32.2. The molecule has 0 radical (unpaired) electrons. The van der Waals surface area contributed by atoms with Gasteiger partial charge in [0.2, 0.25) is 5.91 Å². The van der Waals surface area contributed by atoms with Crippen molar-refractivity contribution in [2.24, 2.45) is 0 Å². The zero-order valence-corrected chi connectivity index (χ0v) is 13.3. The molecular formula is C16H20F3NOS. The fourth-order valence-corrected chi connectivity index (χ4v) is 2.96. The molecule has 2 nitrogen and oxygen atoms in total. The molecule has 0 unspecified atom stereocenters. The van der Waals surface area contributed by atoms with E-state index in [1.54, 1.807) is 11.8 Å². The molecule has 1 saturated carbocycles. The van der Waals surface area contributed by atoms with Crippen LogP contribution in [0.4, 0.5) is 13.2 Å². The lowest BCUT2D eigenvalue weighted by atomic mass is 10.1. The minimum Gasteiger partial charge on any atom is -0.335 e. The number of carbonyl (C=O) groups excluding carboxylic acids is 1. The number of halogens is 3. The molecule has 0 saturated heterocycles. The van der Waals surface area contributed by atoms with Crippen LogP contribution in [0.3, 0.4) is 0 Å². The Bertz CT molecular complexity index is 497. The zero-order valence-electron chi connectivity index (χ0n) is 12.5. The maximum atomic E-state index is 12.6. The summed E-state index contributed by atoms with van der Waals surface area (Å²) in [6, 6.07) is 5.35. The second-order valence-electron chi connectivity index (χ2n) is 5.50. The number of rotatable bonds is 7. The molecule has 1 aliphatic carbocycles. The van der Waals surface area contributed by atoms with Gasteiger partial charge in [0.05, 0.1) is 11.3 Å². The van der Waals surface area contributed by atoms with E-state index in [4.69, 9.17) is 0 Å². The first-order valence-corrected chi connectivity index (χ1v) is 8.60. The first-order valence-electron chi connectivity index (χ1n) is 7.45. The van der Waals surface area contributed by atoms with E-state index in [1.807, 2.05) is 4.90 Å². The van der Waals surface area contributed by atoms with Crippen molar-refractivity contribution in [3.05, 3.63) is 35.4 Å². The highest BCUT2D eigenvalue weighted by Gasteiger charge is 2.33. The van der Waals surface area contributed by atoms with Gasteiger partial charge in [0, 0.05) is 12.6 Å². The third kappa shape index (κ3) is 4.93. The van der Waals surface area contributed by atoms with Crippen LogP contribution in [-0.2, 0) is 17.5 Å². The van der Waals surface area contributed by atoms with Crippen LogP contribution in [-0.4, -0.2) is 28.4 Å². The molecule has 122 valence electrons. The van der Waals surface area contributed by atoms with Gasteiger partial charge in [0.15, 0.2) is 0 Å². The van der Waals surface area contributed by atoms with E-state index in [-0.39, 0.29) is 11.9 Å². The normalized spacial score (nSPS) is 14.9. The highest BCUT2D eigenvalue weighted by molar-refractivity contribution is 7.99. The van der Waals surface area contributed by atoms with Crippen molar-refractivity contribution < 1.29 is 18.0 Å². The molecule has 0 bridgehead atoms. The van der Waals surface area contributed by atoms with Crippen molar-refractivity contribution in [2.75, 3.05) is 11.5 Å². The lowest BCUT2D eigenvalue weighted by Crippen LogP contribution is -2.34. The summed E-state index contributed by atoms with van der Waals surface area (Å²) in [6.45, 7) is 2.46.